The fourth-order valence-electron chi connectivity index (χ4n) is 2.85. The molecule has 0 amide bonds. The van der Waals surface area contributed by atoms with E-state index in [1.807, 2.05) is 12.3 Å². The Kier molecular flexibility index (Phi) is 3.68. The van der Waals surface area contributed by atoms with Crippen molar-refractivity contribution in [2.24, 2.45) is 0 Å². The predicted octanol–water partition coefficient (Wildman–Crippen LogP) is 4.40. The lowest BCUT2D eigenvalue weighted by Gasteiger charge is -2.19. The van der Waals surface area contributed by atoms with Crippen LogP contribution in [0.5, 0.6) is 0 Å². The molecule has 0 aliphatic carbocycles. The van der Waals surface area contributed by atoms with Crippen molar-refractivity contribution in [3.05, 3.63) is 59.0 Å². The first-order chi connectivity index (χ1) is 10.1. The van der Waals surface area contributed by atoms with Crippen molar-refractivity contribution in [2.45, 2.75) is 32.7 Å². The third-order valence-electron chi connectivity index (χ3n) is 4.00. The molecule has 0 spiro atoms. The molecule has 0 fully saturated rings. The molecular formula is C17H18ClN3. The molecule has 0 saturated heterocycles. The van der Waals surface area contributed by atoms with Gasteiger partial charge in [-0.15, -0.1) is 11.6 Å². The van der Waals surface area contributed by atoms with E-state index in [-0.39, 0.29) is 6.04 Å². The second-order valence-corrected chi connectivity index (χ2v) is 5.63. The van der Waals surface area contributed by atoms with E-state index in [2.05, 4.69) is 59.6 Å². The third kappa shape index (κ3) is 2.32. The number of hydrogen-bond donors (Lipinski definition) is 0. The van der Waals surface area contributed by atoms with E-state index >= 15 is 0 Å². The molecule has 0 saturated carbocycles. The molecule has 2 aromatic heterocycles. The highest BCUT2D eigenvalue weighted by Gasteiger charge is 2.19. The zero-order valence-corrected chi connectivity index (χ0v) is 13.2. The number of halogens is 1. The second-order valence-electron chi connectivity index (χ2n) is 5.36. The van der Waals surface area contributed by atoms with E-state index in [0.717, 1.165) is 22.6 Å². The van der Waals surface area contributed by atoms with Gasteiger partial charge in [0, 0.05) is 6.20 Å². The van der Waals surface area contributed by atoms with Gasteiger partial charge >= 0.3 is 0 Å². The number of alkyl halides is 1. The number of pyridine rings is 1. The summed E-state index contributed by atoms with van der Waals surface area (Å²) in [5.74, 6) is 1.25. The van der Waals surface area contributed by atoms with Crippen LogP contribution in [0.15, 0.2) is 36.5 Å². The molecule has 1 unspecified atom stereocenters. The first-order valence-corrected chi connectivity index (χ1v) is 7.61. The molecule has 0 N–H and O–H groups in total. The number of fused-ring (bicyclic) bond motifs is 1. The largest absolute Gasteiger partial charge is 0.304 e. The highest BCUT2D eigenvalue weighted by molar-refractivity contribution is 6.16. The van der Waals surface area contributed by atoms with Crippen LogP contribution in [0.3, 0.4) is 0 Å². The minimum Gasteiger partial charge on any atom is -0.304 e. The molecular weight excluding hydrogens is 282 g/mol. The number of benzene rings is 1. The Morgan fingerprint density at radius 3 is 2.62 bits per heavy atom. The first-order valence-electron chi connectivity index (χ1n) is 7.07. The molecule has 0 aliphatic heterocycles. The second kappa shape index (κ2) is 5.49. The van der Waals surface area contributed by atoms with Gasteiger partial charge in [-0.05, 0) is 43.5 Å². The lowest BCUT2D eigenvalue weighted by atomic mass is 10.0. The molecule has 4 heteroatoms. The molecule has 1 atom stereocenters. The zero-order valence-electron chi connectivity index (χ0n) is 12.5. The summed E-state index contributed by atoms with van der Waals surface area (Å²) in [7, 11) is 0. The zero-order chi connectivity index (χ0) is 15.0. The molecule has 0 aliphatic rings. The Bertz CT molecular complexity index is 792. The Morgan fingerprint density at radius 1 is 1.14 bits per heavy atom. The summed E-state index contributed by atoms with van der Waals surface area (Å²) in [6, 6.07) is 10.5. The number of aromatic nitrogens is 3. The molecule has 0 radical (unpaired) electrons. The fraction of sp³-hybridized carbons (Fsp3) is 0.294. The molecule has 1 aromatic carbocycles. The average molecular weight is 300 g/mol. The van der Waals surface area contributed by atoms with Gasteiger partial charge in [0.15, 0.2) is 5.65 Å². The summed E-state index contributed by atoms with van der Waals surface area (Å²) in [6.07, 6.45) is 1.83. The van der Waals surface area contributed by atoms with Crippen LogP contribution in [-0.2, 0) is 5.88 Å². The summed E-state index contributed by atoms with van der Waals surface area (Å²) < 4.78 is 2.15. The summed E-state index contributed by atoms with van der Waals surface area (Å²) in [6.45, 7) is 6.35. The van der Waals surface area contributed by atoms with Gasteiger partial charge < -0.3 is 4.57 Å². The minimum atomic E-state index is 0.152. The SMILES string of the molecule is Cc1ccccc1C(C)n1c(CCl)nc2c(C)ccnc21. The van der Waals surface area contributed by atoms with Crippen LogP contribution in [0.25, 0.3) is 11.2 Å². The normalized spacial score (nSPS) is 12.8. The monoisotopic (exact) mass is 299 g/mol. The molecule has 108 valence electrons. The van der Waals surface area contributed by atoms with Crippen molar-refractivity contribution in [2.75, 3.05) is 0 Å². The number of hydrogen-bond acceptors (Lipinski definition) is 2. The van der Waals surface area contributed by atoms with E-state index in [0.29, 0.717) is 5.88 Å². The van der Waals surface area contributed by atoms with E-state index < -0.39 is 0 Å². The van der Waals surface area contributed by atoms with Gasteiger partial charge in [-0.2, -0.15) is 0 Å². The Morgan fingerprint density at radius 2 is 1.90 bits per heavy atom. The van der Waals surface area contributed by atoms with Gasteiger partial charge in [-0.25, -0.2) is 9.97 Å². The van der Waals surface area contributed by atoms with Crippen LogP contribution >= 0.6 is 11.6 Å². The van der Waals surface area contributed by atoms with Gasteiger partial charge in [-0.3, -0.25) is 0 Å². The van der Waals surface area contributed by atoms with Crippen LogP contribution in [-0.4, -0.2) is 14.5 Å². The van der Waals surface area contributed by atoms with Crippen molar-refractivity contribution in [1.82, 2.24) is 14.5 Å². The fourth-order valence-corrected chi connectivity index (χ4v) is 3.04. The van der Waals surface area contributed by atoms with E-state index in [1.54, 1.807) is 0 Å². The maximum atomic E-state index is 6.12. The molecule has 3 aromatic rings. The molecule has 2 heterocycles. The van der Waals surface area contributed by atoms with Crippen LogP contribution in [0.4, 0.5) is 0 Å². The van der Waals surface area contributed by atoms with E-state index in [1.165, 1.54) is 11.1 Å². The van der Waals surface area contributed by atoms with Crippen LogP contribution in [0.2, 0.25) is 0 Å². The number of imidazole rings is 1. The topological polar surface area (TPSA) is 30.7 Å². The van der Waals surface area contributed by atoms with Crippen molar-refractivity contribution in [3.8, 4) is 0 Å². The number of aryl methyl sites for hydroxylation is 2. The Labute approximate surface area is 129 Å². The average Bonchev–Trinajstić information content (AvgIpc) is 2.87. The Hall–Kier alpha value is -1.87. The van der Waals surface area contributed by atoms with E-state index in [9.17, 15) is 0 Å². The maximum Gasteiger partial charge on any atom is 0.160 e. The lowest BCUT2D eigenvalue weighted by molar-refractivity contribution is 0.625. The summed E-state index contributed by atoms with van der Waals surface area (Å²) in [5.41, 5.74) is 5.50. The molecule has 21 heavy (non-hydrogen) atoms. The van der Waals surface area contributed by atoms with Crippen molar-refractivity contribution in [3.63, 3.8) is 0 Å². The van der Waals surface area contributed by atoms with Gasteiger partial charge in [-0.1, -0.05) is 24.3 Å². The van der Waals surface area contributed by atoms with Gasteiger partial charge in [0.2, 0.25) is 0 Å². The summed E-state index contributed by atoms with van der Waals surface area (Å²) in [4.78, 5) is 9.20. The van der Waals surface area contributed by atoms with Crippen LogP contribution < -0.4 is 0 Å². The number of nitrogens with zero attached hydrogens (tertiary/aromatic N) is 3. The van der Waals surface area contributed by atoms with Crippen LogP contribution in [0, 0.1) is 13.8 Å². The predicted molar refractivity (Wildman–Crippen MR) is 86.8 cm³/mol. The van der Waals surface area contributed by atoms with Crippen molar-refractivity contribution in [1.29, 1.82) is 0 Å². The highest BCUT2D eigenvalue weighted by atomic mass is 35.5. The van der Waals surface area contributed by atoms with Gasteiger partial charge in [0.1, 0.15) is 11.3 Å². The maximum absolute atomic E-state index is 6.12. The van der Waals surface area contributed by atoms with E-state index in [4.69, 9.17) is 11.6 Å². The van der Waals surface area contributed by atoms with Gasteiger partial charge in [0.05, 0.1) is 11.9 Å². The lowest BCUT2D eigenvalue weighted by Crippen LogP contribution is -2.11. The van der Waals surface area contributed by atoms with Gasteiger partial charge in [0.25, 0.3) is 0 Å². The van der Waals surface area contributed by atoms with Crippen molar-refractivity contribution >= 4 is 22.8 Å². The molecule has 0 bridgehead atoms. The summed E-state index contributed by atoms with van der Waals surface area (Å²) in [5, 5.41) is 0. The Balaban J connectivity index is 2.24. The van der Waals surface area contributed by atoms with Crippen molar-refractivity contribution < 1.29 is 0 Å². The summed E-state index contributed by atoms with van der Waals surface area (Å²) >= 11 is 6.12. The molecule has 3 nitrogen and oxygen atoms in total. The smallest absolute Gasteiger partial charge is 0.160 e. The number of rotatable bonds is 3. The standard InChI is InChI=1S/C17H18ClN3/c1-11-6-4-5-7-14(11)13(3)21-15(10-18)20-16-12(2)8-9-19-17(16)21/h4-9,13H,10H2,1-3H3. The highest BCUT2D eigenvalue weighted by Crippen LogP contribution is 2.28. The van der Waals surface area contributed by atoms with Crippen LogP contribution in [0.1, 0.15) is 35.5 Å². The molecule has 3 rings (SSSR count). The first kappa shape index (κ1) is 14.1. The third-order valence-corrected chi connectivity index (χ3v) is 4.24. The quantitative estimate of drug-likeness (QED) is 0.671. The minimum absolute atomic E-state index is 0.152.